The van der Waals surface area contributed by atoms with E-state index in [0.29, 0.717) is 18.8 Å². The maximum atomic E-state index is 12.4. The van der Waals surface area contributed by atoms with Gasteiger partial charge in [0.1, 0.15) is 11.4 Å². The second-order valence-electron chi connectivity index (χ2n) is 5.27. The van der Waals surface area contributed by atoms with E-state index in [1.54, 1.807) is 7.11 Å². The van der Waals surface area contributed by atoms with Gasteiger partial charge in [0.2, 0.25) is 0 Å². The Kier molecular flexibility index (Phi) is 4.29. The fourth-order valence-corrected chi connectivity index (χ4v) is 3.21. The van der Waals surface area contributed by atoms with Crippen molar-refractivity contribution in [2.75, 3.05) is 38.2 Å². The SMILES string of the molecule is COc1ccccc1N1CCN(C(=O)c2cc(C)sn2)CC1. The summed E-state index contributed by atoms with van der Waals surface area (Å²) in [4.78, 5) is 17.6. The molecule has 1 amide bonds. The van der Waals surface area contributed by atoms with Gasteiger partial charge in [-0.25, -0.2) is 0 Å². The number of aromatic nitrogens is 1. The smallest absolute Gasteiger partial charge is 0.273 e. The molecule has 0 N–H and O–H groups in total. The molecule has 116 valence electrons. The van der Waals surface area contributed by atoms with Gasteiger partial charge in [-0.1, -0.05) is 12.1 Å². The van der Waals surface area contributed by atoms with Crippen molar-refractivity contribution >= 4 is 23.1 Å². The van der Waals surface area contributed by atoms with Crippen molar-refractivity contribution < 1.29 is 9.53 Å². The third-order valence-corrected chi connectivity index (χ3v) is 4.53. The number of piperazine rings is 1. The van der Waals surface area contributed by atoms with Gasteiger partial charge in [-0.3, -0.25) is 4.79 Å². The number of nitrogens with zero attached hydrogens (tertiary/aromatic N) is 3. The summed E-state index contributed by atoms with van der Waals surface area (Å²) in [5.41, 5.74) is 1.65. The lowest BCUT2D eigenvalue weighted by Crippen LogP contribution is -2.49. The van der Waals surface area contributed by atoms with Crippen LogP contribution in [0.25, 0.3) is 0 Å². The van der Waals surface area contributed by atoms with Gasteiger partial charge in [0, 0.05) is 31.1 Å². The molecule has 1 saturated heterocycles. The van der Waals surface area contributed by atoms with Crippen LogP contribution in [-0.2, 0) is 0 Å². The molecule has 1 aromatic carbocycles. The number of amides is 1. The van der Waals surface area contributed by atoms with E-state index >= 15 is 0 Å². The highest BCUT2D eigenvalue weighted by Gasteiger charge is 2.24. The van der Waals surface area contributed by atoms with E-state index in [2.05, 4.69) is 15.3 Å². The zero-order valence-electron chi connectivity index (χ0n) is 12.8. The highest BCUT2D eigenvalue weighted by Crippen LogP contribution is 2.28. The van der Waals surface area contributed by atoms with Gasteiger partial charge in [-0.2, -0.15) is 4.37 Å². The van der Waals surface area contributed by atoms with E-state index in [1.165, 1.54) is 11.5 Å². The zero-order valence-corrected chi connectivity index (χ0v) is 13.6. The maximum Gasteiger partial charge on any atom is 0.273 e. The van der Waals surface area contributed by atoms with Gasteiger partial charge in [-0.05, 0) is 36.7 Å². The van der Waals surface area contributed by atoms with Crippen molar-refractivity contribution in [3.63, 3.8) is 0 Å². The third kappa shape index (κ3) is 2.92. The van der Waals surface area contributed by atoms with Gasteiger partial charge in [0.05, 0.1) is 12.8 Å². The van der Waals surface area contributed by atoms with Crippen LogP contribution in [0.15, 0.2) is 30.3 Å². The number of hydrogen-bond donors (Lipinski definition) is 0. The molecule has 1 aliphatic rings. The molecule has 0 radical (unpaired) electrons. The van der Waals surface area contributed by atoms with E-state index in [9.17, 15) is 4.79 Å². The normalized spacial score (nSPS) is 15.0. The molecule has 3 rings (SSSR count). The minimum absolute atomic E-state index is 0.0315. The summed E-state index contributed by atoms with van der Waals surface area (Å²) in [7, 11) is 1.68. The molecule has 1 aromatic heterocycles. The van der Waals surface area contributed by atoms with Crippen LogP contribution in [0.4, 0.5) is 5.69 Å². The van der Waals surface area contributed by atoms with Crippen molar-refractivity contribution in [2.45, 2.75) is 6.92 Å². The Balaban J connectivity index is 1.66. The second kappa shape index (κ2) is 6.36. The molecule has 0 unspecified atom stereocenters. The number of para-hydroxylation sites is 2. The van der Waals surface area contributed by atoms with E-state index < -0.39 is 0 Å². The number of anilines is 1. The number of carbonyl (C=O) groups is 1. The Bertz CT molecular complexity index is 663. The zero-order chi connectivity index (χ0) is 15.5. The quantitative estimate of drug-likeness (QED) is 0.872. The van der Waals surface area contributed by atoms with E-state index in [1.807, 2.05) is 36.1 Å². The fraction of sp³-hybridized carbons (Fsp3) is 0.375. The minimum Gasteiger partial charge on any atom is -0.495 e. The van der Waals surface area contributed by atoms with E-state index in [-0.39, 0.29) is 5.91 Å². The van der Waals surface area contributed by atoms with Crippen molar-refractivity contribution in [2.24, 2.45) is 0 Å². The lowest BCUT2D eigenvalue weighted by molar-refractivity contribution is 0.0742. The highest BCUT2D eigenvalue weighted by atomic mass is 32.1. The van der Waals surface area contributed by atoms with Crippen LogP contribution in [-0.4, -0.2) is 48.5 Å². The Morgan fingerprint density at radius 1 is 1.23 bits per heavy atom. The predicted octanol–water partition coefficient (Wildman–Crippen LogP) is 2.42. The first kappa shape index (κ1) is 14.8. The number of benzene rings is 1. The summed E-state index contributed by atoms with van der Waals surface area (Å²) in [5.74, 6) is 0.904. The molecule has 6 heteroatoms. The average Bonchev–Trinajstić information content (AvgIpc) is 3.01. The first-order chi connectivity index (χ1) is 10.7. The molecule has 0 aliphatic carbocycles. The van der Waals surface area contributed by atoms with Crippen LogP contribution in [0.5, 0.6) is 5.75 Å². The lowest BCUT2D eigenvalue weighted by Gasteiger charge is -2.36. The Morgan fingerprint density at radius 2 is 1.95 bits per heavy atom. The van der Waals surface area contributed by atoms with E-state index in [4.69, 9.17) is 4.74 Å². The summed E-state index contributed by atoms with van der Waals surface area (Å²) in [6.45, 7) is 4.97. The second-order valence-corrected chi connectivity index (χ2v) is 6.28. The predicted molar refractivity (Wildman–Crippen MR) is 88.0 cm³/mol. The molecular formula is C16H19N3O2S. The van der Waals surface area contributed by atoms with Crippen LogP contribution in [0.1, 0.15) is 15.4 Å². The van der Waals surface area contributed by atoms with Crippen molar-refractivity contribution in [3.05, 3.63) is 40.9 Å². The monoisotopic (exact) mass is 317 g/mol. The van der Waals surface area contributed by atoms with Gasteiger partial charge >= 0.3 is 0 Å². The Labute approximate surface area is 134 Å². The molecular weight excluding hydrogens is 298 g/mol. The Morgan fingerprint density at radius 3 is 2.59 bits per heavy atom. The number of ether oxygens (including phenoxy) is 1. The summed E-state index contributed by atoms with van der Waals surface area (Å²) >= 11 is 1.37. The molecule has 0 spiro atoms. The molecule has 0 saturated carbocycles. The lowest BCUT2D eigenvalue weighted by atomic mass is 10.2. The number of carbonyl (C=O) groups excluding carboxylic acids is 1. The number of rotatable bonds is 3. The van der Waals surface area contributed by atoms with Gasteiger partial charge < -0.3 is 14.5 Å². The maximum absolute atomic E-state index is 12.4. The van der Waals surface area contributed by atoms with Gasteiger partial charge in [-0.15, -0.1) is 0 Å². The first-order valence-corrected chi connectivity index (χ1v) is 8.07. The van der Waals surface area contributed by atoms with Crippen LogP contribution in [0.2, 0.25) is 0 Å². The third-order valence-electron chi connectivity index (χ3n) is 3.84. The number of methoxy groups -OCH3 is 1. The summed E-state index contributed by atoms with van der Waals surface area (Å²) < 4.78 is 9.63. The fourth-order valence-electron chi connectivity index (χ4n) is 2.67. The number of hydrogen-bond acceptors (Lipinski definition) is 5. The van der Waals surface area contributed by atoms with Crippen LogP contribution < -0.4 is 9.64 Å². The molecule has 1 fully saturated rings. The molecule has 0 atom stereocenters. The molecule has 1 aliphatic heterocycles. The summed E-state index contributed by atoms with van der Waals surface area (Å²) in [6.07, 6.45) is 0. The first-order valence-electron chi connectivity index (χ1n) is 7.29. The average molecular weight is 317 g/mol. The van der Waals surface area contributed by atoms with Crippen LogP contribution in [0.3, 0.4) is 0 Å². The van der Waals surface area contributed by atoms with Crippen LogP contribution >= 0.6 is 11.5 Å². The van der Waals surface area contributed by atoms with Crippen molar-refractivity contribution in [1.29, 1.82) is 0 Å². The van der Waals surface area contributed by atoms with Gasteiger partial charge in [0.15, 0.2) is 0 Å². The Hall–Kier alpha value is -2.08. The number of aryl methyl sites for hydroxylation is 1. The molecule has 2 heterocycles. The summed E-state index contributed by atoms with van der Waals surface area (Å²) in [6, 6.07) is 9.85. The molecule has 5 nitrogen and oxygen atoms in total. The van der Waals surface area contributed by atoms with Crippen LogP contribution in [0, 0.1) is 6.92 Å². The van der Waals surface area contributed by atoms with Gasteiger partial charge in [0.25, 0.3) is 5.91 Å². The highest BCUT2D eigenvalue weighted by molar-refractivity contribution is 7.05. The topological polar surface area (TPSA) is 45.7 Å². The summed E-state index contributed by atoms with van der Waals surface area (Å²) in [5, 5.41) is 0. The molecule has 2 aromatic rings. The largest absolute Gasteiger partial charge is 0.495 e. The molecule has 0 bridgehead atoms. The standard InChI is InChI=1S/C16H19N3O2S/c1-12-11-13(17-22-12)16(20)19-9-7-18(8-10-19)14-5-3-4-6-15(14)21-2/h3-6,11H,7-10H2,1-2H3. The molecule has 22 heavy (non-hydrogen) atoms. The van der Waals surface area contributed by atoms with Crippen molar-refractivity contribution in [1.82, 2.24) is 9.27 Å². The van der Waals surface area contributed by atoms with E-state index in [0.717, 1.165) is 29.4 Å². The minimum atomic E-state index is 0.0315. The van der Waals surface area contributed by atoms with Crippen molar-refractivity contribution in [3.8, 4) is 5.75 Å².